The maximum absolute atomic E-state index is 9.22. The molecule has 6 nitrogen and oxygen atoms in total. The van der Waals surface area contributed by atoms with E-state index in [9.17, 15) is 10.2 Å². The first-order chi connectivity index (χ1) is 5.09. The van der Waals surface area contributed by atoms with Gasteiger partial charge in [-0.25, -0.2) is 4.90 Å². The highest BCUT2D eigenvalue weighted by atomic mass is 16.7. The third-order valence-electron chi connectivity index (χ3n) is 1.72. The zero-order chi connectivity index (χ0) is 8.48. The molecule has 0 saturated carbocycles. The largest absolute Gasteiger partial charge is 0.339 e. The van der Waals surface area contributed by atoms with Crippen LogP contribution in [0, 0.1) is 0 Å². The molecule has 0 unspecified atom stereocenters. The van der Waals surface area contributed by atoms with Gasteiger partial charge in [0.2, 0.25) is 0 Å². The van der Waals surface area contributed by atoms with Gasteiger partial charge in [0.25, 0.3) is 0 Å². The molecular weight excluding hydrogens is 150 g/mol. The summed E-state index contributed by atoms with van der Waals surface area (Å²) in [6.45, 7) is 2.60. The summed E-state index contributed by atoms with van der Waals surface area (Å²) in [6, 6.07) is -2.24. The van der Waals surface area contributed by atoms with Gasteiger partial charge in [0, 0.05) is 6.54 Å². The number of nitrogens with one attached hydrogen (secondary N) is 1. The van der Waals surface area contributed by atoms with Crippen LogP contribution in [0.1, 0.15) is 6.92 Å². The normalized spacial score (nSPS) is 27.3. The lowest BCUT2D eigenvalue weighted by atomic mass is 10.5. The summed E-state index contributed by atoms with van der Waals surface area (Å²) >= 11 is 0. The molecule has 0 radical (unpaired) electrons. The van der Waals surface area contributed by atoms with Crippen LogP contribution in [0.2, 0.25) is 0 Å². The van der Waals surface area contributed by atoms with Crippen LogP contribution in [0.15, 0.2) is 0 Å². The summed E-state index contributed by atoms with van der Waals surface area (Å²) in [4.78, 5) is 1.27. The number of nitrogens with zero attached hydrogens (tertiary/aromatic N) is 2. The maximum Gasteiger partial charge on any atom is 0.316 e. The lowest BCUT2D eigenvalue weighted by Gasteiger charge is -2.42. The molecular formula is C5H13N3O3. The Morgan fingerprint density at radius 2 is 2.09 bits per heavy atom. The molecule has 0 aromatic rings. The molecule has 0 aromatic carbocycles. The second kappa shape index (κ2) is 3.02. The van der Waals surface area contributed by atoms with E-state index in [0.717, 1.165) is 0 Å². The molecule has 66 valence electrons. The smallest absolute Gasteiger partial charge is 0.316 e. The van der Waals surface area contributed by atoms with E-state index in [4.69, 9.17) is 5.21 Å². The van der Waals surface area contributed by atoms with Crippen molar-refractivity contribution in [3.63, 3.8) is 0 Å². The summed E-state index contributed by atoms with van der Waals surface area (Å²) in [5.74, 6) is 0. The van der Waals surface area contributed by atoms with E-state index in [0.29, 0.717) is 18.3 Å². The summed E-state index contributed by atoms with van der Waals surface area (Å²) < 4.78 is 0. The Kier molecular flexibility index (Phi) is 2.43. The van der Waals surface area contributed by atoms with E-state index in [1.54, 1.807) is 6.92 Å². The van der Waals surface area contributed by atoms with E-state index in [2.05, 4.69) is 5.32 Å². The van der Waals surface area contributed by atoms with Crippen LogP contribution < -0.4 is 5.32 Å². The summed E-state index contributed by atoms with van der Waals surface area (Å²) in [5, 5.41) is 30.6. The van der Waals surface area contributed by atoms with Gasteiger partial charge in [-0.1, -0.05) is 6.92 Å². The first-order valence-electron chi connectivity index (χ1n) is 3.46. The summed E-state index contributed by atoms with van der Waals surface area (Å²) in [6.07, 6.45) is 0. The van der Waals surface area contributed by atoms with Crippen LogP contribution in [0.5, 0.6) is 0 Å². The third-order valence-corrected chi connectivity index (χ3v) is 1.72. The van der Waals surface area contributed by atoms with Crippen LogP contribution >= 0.6 is 0 Å². The predicted octanol–water partition coefficient (Wildman–Crippen LogP) is -1.89. The molecule has 6 heteroatoms. The van der Waals surface area contributed by atoms with Crippen molar-refractivity contribution in [3.8, 4) is 0 Å². The van der Waals surface area contributed by atoms with Crippen molar-refractivity contribution in [2.24, 2.45) is 0 Å². The van der Waals surface area contributed by atoms with Gasteiger partial charge in [-0.2, -0.15) is 0 Å². The molecule has 1 rings (SSSR count). The van der Waals surface area contributed by atoms with Crippen LogP contribution in [0.4, 0.5) is 0 Å². The van der Waals surface area contributed by atoms with Gasteiger partial charge in [-0.15, -0.1) is 5.06 Å². The molecule has 4 N–H and O–H groups in total. The molecule has 0 amide bonds. The van der Waals surface area contributed by atoms with Gasteiger partial charge < -0.3 is 15.4 Å². The third kappa shape index (κ3) is 1.51. The van der Waals surface area contributed by atoms with Crippen LogP contribution in [0.3, 0.4) is 0 Å². The first kappa shape index (κ1) is 8.85. The zero-order valence-electron chi connectivity index (χ0n) is 6.36. The van der Waals surface area contributed by atoms with Crippen LogP contribution in [0.25, 0.3) is 0 Å². The Balaban J connectivity index is 2.64. The first-order valence-corrected chi connectivity index (χ1v) is 3.46. The zero-order valence-corrected chi connectivity index (χ0v) is 6.36. The van der Waals surface area contributed by atoms with Crippen molar-refractivity contribution >= 4 is 0 Å². The van der Waals surface area contributed by atoms with Crippen molar-refractivity contribution in [1.82, 2.24) is 15.3 Å². The quantitative estimate of drug-likeness (QED) is 0.339. The molecule has 0 bridgehead atoms. The number of rotatable bonds is 1. The molecule has 1 heterocycles. The highest BCUT2D eigenvalue weighted by molar-refractivity contribution is 4.67. The molecule has 0 spiro atoms. The van der Waals surface area contributed by atoms with E-state index < -0.39 is 6.03 Å². The minimum absolute atomic E-state index is 0.0451. The number of hydroxylamine groups is 2. The monoisotopic (exact) mass is 163 g/mol. The Labute approximate surface area is 64.6 Å². The van der Waals surface area contributed by atoms with Gasteiger partial charge in [-0.3, -0.25) is 5.32 Å². The molecule has 1 fully saturated rings. The van der Waals surface area contributed by atoms with Crippen molar-refractivity contribution in [2.75, 3.05) is 19.9 Å². The fraction of sp³-hybridized carbons (Fsp3) is 1.00. The highest BCUT2D eigenvalue weighted by Gasteiger charge is 2.40. The second-order valence-corrected chi connectivity index (χ2v) is 2.42. The minimum Gasteiger partial charge on any atom is -0.339 e. The Morgan fingerprint density at radius 3 is 2.55 bits per heavy atom. The van der Waals surface area contributed by atoms with Crippen molar-refractivity contribution in [2.45, 2.75) is 13.0 Å². The number of aliphatic hydroxyl groups is 2. The summed E-state index contributed by atoms with van der Waals surface area (Å²) in [7, 11) is 0. The van der Waals surface area contributed by atoms with Crippen molar-refractivity contribution < 1.29 is 15.4 Å². The van der Waals surface area contributed by atoms with Gasteiger partial charge in [0.05, 0.1) is 13.3 Å². The molecule has 11 heavy (non-hydrogen) atoms. The van der Waals surface area contributed by atoms with E-state index in [-0.39, 0.29) is 6.67 Å². The maximum atomic E-state index is 9.22. The van der Waals surface area contributed by atoms with Crippen molar-refractivity contribution in [1.29, 1.82) is 0 Å². The standard InChI is InChI=1S/C5H13N3O3/c1-2-7-3-6-4-8(11)5(7,9)10/h6,9-11H,2-4H2,1H3. The average molecular weight is 163 g/mol. The van der Waals surface area contributed by atoms with E-state index in [1.165, 1.54) is 4.90 Å². The lowest BCUT2D eigenvalue weighted by Crippen LogP contribution is -2.67. The van der Waals surface area contributed by atoms with Gasteiger partial charge >= 0.3 is 6.03 Å². The van der Waals surface area contributed by atoms with Crippen molar-refractivity contribution in [3.05, 3.63) is 0 Å². The number of hydrogen-bond acceptors (Lipinski definition) is 6. The highest BCUT2D eigenvalue weighted by Crippen LogP contribution is 2.13. The van der Waals surface area contributed by atoms with Crippen LogP contribution in [-0.2, 0) is 0 Å². The van der Waals surface area contributed by atoms with Crippen LogP contribution in [-0.4, -0.2) is 51.3 Å². The van der Waals surface area contributed by atoms with Gasteiger partial charge in [0.1, 0.15) is 0 Å². The molecule has 0 atom stereocenters. The molecule has 1 aliphatic rings. The fourth-order valence-electron chi connectivity index (χ4n) is 0.990. The molecule has 1 aliphatic heterocycles. The predicted molar refractivity (Wildman–Crippen MR) is 36.0 cm³/mol. The minimum atomic E-state index is -2.24. The molecule has 0 aliphatic carbocycles. The average Bonchev–Trinajstić information content (AvgIpc) is 1.95. The van der Waals surface area contributed by atoms with E-state index in [1.807, 2.05) is 0 Å². The number of hydrogen-bond donors (Lipinski definition) is 4. The van der Waals surface area contributed by atoms with Gasteiger partial charge in [0.15, 0.2) is 0 Å². The van der Waals surface area contributed by atoms with E-state index >= 15 is 0 Å². The topological polar surface area (TPSA) is 79.2 Å². The molecule has 0 aromatic heterocycles. The Morgan fingerprint density at radius 1 is 1.45 bits per heavy atom. The Hall–Kier alpha value is -0.240. The lowest BCUT2D eigenvalue weighted by molar-refractivity contribution is -0.438. The Bertz CT molecular complexity index is 141. The fourth-order valence-corrected chi connectivity index (χ4v) is 0.990. The second-order valence-electron chi connectivity index (χ2n) is 2.42. The SMILES string of the molecule is CCN1CNCN(O)C1(O)O. The summed E-state index contributed by atoms with van der Waals surface area (Å²) in [5.41, 5.74) is 0. The van der Waals surface area contributed by atoms with Gasteiger partial charge in [-0.05, 0) is 0 Å². The molecule has 1 saturated heterocycles.